The minimum atomic E-state index is -0.361. The van der Waals surface area contributed by atoms with Crippen LogP contribution in [0.1, 0.15) is 46.8 Å². The minimum Gasteiger partial charge on any atom is -0.300 e. The Morgan fingerprint density at radius 3 is 2.69 bits per heavy atom. The number of nitrogens with zero attached hydrogens (tertiary/aromatic N) is 4. The molecule has 3 heterocycles. The Balaban J connectivity index is 2.00. The Morgan fingerprint density at radius 2 is 2.00 bits per heavy atom. The first-order chi connectivity index (χ1) is 12.5. The highest BCUT2D eigenvalue weighted by atomic mass is 35.5. The third-order valence-corrected chi connectivity index (χ3v) is 6.04. The molecule has 26 heavy (non-hydrogen) atoms. The highest BCUT2D eigenvalue weighted by molar-refractivity contribution is 7.15. The summed E-state index contributed by atoms with van der Waals surface area (Å²) in [6, 6.07) is 7.29. The summed E-state index contributed by atoms with van der Waals surface area (Å²) in [6.45, 7) is 5.78. The molecule has 0 aliphatic carbocycles. The first-order valence-corrected chi connectivity index (χ1v) is 9.49. The molecule has 0 unspecified atom stereocenters. The molecule has 4 rings (SSSR count). The van der Waals surface area contributed by atoms with Gasteiger partial charge in [0.15, 0.2) is 5.82 Å². The normalized spacial score (nSPS) is 15.8. The molecule has 0 amide bonds. The number of aryl methyl sites for hydroxylation is 1. The molecule has 0 bridgehead atoms. The van der Waals surface area contributed by atoms with Crippen molar-refractivity contribution in [2.24, 2.45) is 4.99 Å². The molecule has 0 saturated heterocycles. The maximum atomic E-state index is 11.8. The van der Waals surface area contributed by atoms with Gasteiger partial charge in [-0.25, -0.2) is 0 Å². The lowest BCUT2D eigenvalue weighted by Gasteiger charge is -2.11. The van der Waals surface area contributed by atoms with Crippen molar-refractivity contribution < 1.29 is 4.79 Å². The highest BCUT2D eigenvalue weighted by Crippen LogP contribution is 2.38. The van der Waals surface area contributed by atoms with Crippen LogP contribution in [0, 0.1) is 13.8 Å². The number of hydrogen-bond donors (Lipinski definition) is 0. The number of carbonyl (C=O) groups excluding carboxylic acids is 1. The molecule has 1 aromatic carbocycles. The van der Waals surface area contributed by atoms with Gasteiger partial charge in [-0.05, 0) is 38.5 Å². The summed E-state index contributed by atoms with van der Waals surface area (Å²) >= 11 is 7.76. The largest absolute Gasteiger partial charge is 0.300 e. The number of fused-ring (bicyclic) bond motifs is 3. The van der Waals surface area contributed by atoms with Crippen LogP contribution < -0.4 is 0 Å². The first kappa shape index (κ1) is 17.1. The van der Waals surface area contributed by atoms with Gasteiger partial charge < -0.3 is 0 Å². The Labute approximate surface area is 160 Å². The average molecular weight is 385 g/mol. The third-order valence-electron chi connectivity index (χ3n) is 4.58. The number of rotatable bonds is 3. The molecule has 1 atom stereocenters. The molecular weight excluding hydrogens is 368 g/mol. The van der Waals surface area contributed by atoms with E-state index in [1.54, 1.807) is 24.6 Å². The van der Waals surface area contributed by atoms with Crippen LogP contribution in [-0.4, -0.2) is 26.3 Å². The highest BCUT2D eigenvalue weighted by Gasteiger charge is 2.30. The smallest absolute Gasteiger partial charge is 0.163 e. The molecule has 2 aromatic heterocycles. The number of carbonyl (C=O) groups is 1. The summed E-state index contributed by atoms with van der Waals surface area (Å²) < 4.78 is 1.97. The molecule has 0 N–H and O–H groups in total. The number of thiophene rings is 1. The van der Waals surface area contributed by atoms with E-state index in [1.807, 2.05) is 28.8 Å². The zero-order valence-corrected chi connectivity index (χ0v) is 16.2. The van der Waals surface area contributed by atoms with Gasteiger partial charge in [0.2, 0.25) is 0 Å². The van der Waals surface area contributed by atoms with E-state index in [0.29, 0.717) is 17.3 Å². The van der Waals surface area contributed by atoms with E-state index in [0.717, 1.165) is 21.8 Å². The first-order valence-electron chi connectivity index (χ1n) is 8.29. The van der Waals surface area contributed by atoms with Gasteiger partial charge in [-0.2, -0.15) is 0 Å². The Hall–Kier alpha value is -2.31. The summed E-state index contributed by atoms with van der Waals surface area (Å²) in [4.78, 5) is 18.0. The standard InChI is InChI=1S/C19H17ClN4OS/c1-10(25)8-15-18-23-21-9-24(18)19-16(11(2)12(3)26-19)17(22-15)13-4-6-14(20)7-5-13/h4-7,9,15H,8H2,1-3H3/t15-/m1/s1. The van der Waals surface area contributed by atoms with E-state index in [1.165, 1.54) is 10.4 Å². The molecule has 0 spiro atoms. The van der Waals surface area contributed by atoms with Crippen molar-refractivity contribution in [2.45, 2.75) is 33.2 Å². The molecule has 0 saturated carbocycles. The van der Waals surface area contributed by atoms with Crippen LogP contribution in [0.4, 0.5) is 0 Å². The van der Waals surface area contributed by atoms with Crippen molar-refractivity contribution in [3.8, 4) is 5.00 Å². The van der Waals surface area contributed by atoms with E-state index in [2.05, 4.69) is 24.0 Å². The number of benzene rings is 1. The van der Waals surface area contributed by atoms with Gasteiger partial charge >= 0.3 is 0 Å². The Bertz CT molecular complexity index is 1030. The molecule has 0 radical (unpaired) electrons. The van der Waals surface area contributed by atoms with Crippen molar-refractivity contribution in [1.29, 1.82) is 0 Å². The van der Waals surface area contributed by atoms with E-state index >= 15 is 0 Å². The summed E-state index contributed by atoms with van der Waals surface area (Å²) in [6.07, 6.45) is 2.00. The van der Waals surface area contributed by atoms with E-state index in [9.17, 15) is 4.79 Å². The number of hydrogen-bond acceptors (Lipinski definition) is 5. The Morgan fingerprint density at radius 1 is 1.27 bits per heavy atom. The van der Waals surface area contributed by atoms with Crippen LogP contribution in [0.5, 0.6) is 0 Å². The van der Waals surface area contributed by atoms with Gasteiger partial charge in [0.1, 0.15) is 23.2 Å². The molecule has 3 aromatic rings. The third kappa shape index (κ3) is 2.79. The summed E-state index contributed by atoms with van der Waals surface area (Å²) in [7, 11) is 0. The van der Waals surface area contributed by atoms with Crippen LogP contribution in [0.2, 0.25) is 5.02 Å². The van der Waals surface area contributed by atoms with Crippen molar-refractivity contribution in [2.75, 3.05) is 0 Å². The fraction of sp³-hybridized carbons (Fsp3) is 0.263. The predicted octanol–water partition coefficient (Wildman–Crippen LogP) is 4.47. The number of Topliss-reactive ketones (excluding diaryl/α,β-unsaturated/α-hetero) is 1. The topological polar surface area (TPSA) is 60.1 Å². The molecule has 1 aliphatic rings. The maximum Gasteiger partial charge on any atom is 0.163 e. The summed E-state index contributed by atoms with van der Waals surface area (Å²) in [5.41, 5.74) is 4.10. The lowest BCUT2D eigenvalue weighted by molar-refractivity contribution is -0.117. The number of ketones is 1. The second-order valence-corrected chi connectivity index (χ2v) is 8.07. The van der Waals surface area contributed by atoms with Gasteiger partial charge in [-0.3, -0.25) is 14.4 Å². The quantitative estimate of drug-likeness (QED) is 0.669. The van der Waals surface area contributed by atoms with Gasteiger partial charge in [-0.1, -0.05) is 23.7 Å². The fourth-order valence-corrected chi connectivity index (χ4v) is 4.46. The van der Waals surface area contributed by atoms with E-state index < -0.39 is 0 Å². The molecular formula is C19H17ClN4OS. The monoisotopic (exact) mass is 384 g/mol. The second kappa shape index (κ2) is 6.45. The molecule has 132 valence electrons. The fourth-order valence-electron chi connectivity index (χ4n) is 3.20. The zero-order valence-electron chi connectivity index (χ0n) is 14.7. The van der Waals surface area contributed by atoms with Gasteiger partial charge in [0.05, 0.1) is 5.71 Å². The van der Waals surface area contributed by atoms with Gasteiger partial charge in [-0.15, -0.1) is 21.5 Å². The number of aliphatic imine (C=N–C) groups is 1. The predicted molar refractivity (Wildman–Crippen MR) is 104 cm³/mol. The SMILES string of the molecule is CC(=O)C[C@H]1N=C(c2ccc(Cl)cc2)c2c(sc(C)c2C)-n2cnnc21. The maximum absolute atomic E-state index is 11.8. The van der Waals surface area contributed by atoms with Gasteiger partial charge in [0, 0.05) is 27.4 Å². The molecule has 1 aliphatic heterocycles. The van der Waals surface area contributed by atoms with Crippen LogP contribution >= 0.6 is 22.9 Å². The summed E-state index contributed by atoms with van der Waals surface area (Å²) in [5, 5.41) is 10.1. The molecule has 7 heteroatoms. The Kier molecular flexibility index (Phi) is 4.25. The summed E-state index contributed by atoms with van der Waals surface area (Å²) in [5.74, 6) is 0.772. The zero-order chi connectivity index (χ0) is 18.4. The lowest BCUT2D eigenvalue weighted by atomic mass is 9.99. The molecule has 5 nitrogen and oxygen atoms in total. The lowest BCUT2D eigenvalue weighted by Crippen LogP contribution is -2.09. The average Bonchev–Trinajstić information content (AvgIpc) is 3.15. The van der Waals surface area contributed by atoms with Crippen LogP contribution in [0.3, 0.4) is 0 Å². The van der Waals surface area contributed by atoms with E-state index in [-0.39, 0.29) is 11.8 Å². The number of aromatic nitrogens is 3. The van der Waals surface area contributed by atoms with Crippen molar-refractivity contribution in [3.05, 3.63) is 63.0 Å². The minimum absolute atomic E-state index is 0.0712. The van der Waals surface area contributed by atoms with Crippen molar-refractivity contribution >= 4 is 34.4 Å². The van der Waals surface area contributed by atoms with Crippen LogP contribution in [-0.2, 0) is 4.79 Å². The van der Waals surface area contributed by atoms with Crippen molar-refractivity contribution in [3.63, 3.8) is 0 Å². The van der Waals surface area contributed by atoms with Gasteiger partial charge in [0.25, 0.3) is 0 Å². The van der Waals surface area contributed by atoms with Crippen LogP contribution in [0.15, 0.2) is 35.6 Å². The molecule has 0 fully saturated rings. The van der Waals surface area contributed by atoms with Crippen molar-refractivity contribution in [1.82, 2.24) is 14.8 Å². The van der Waals surface area contributed by atoms with E-state index in [4.69, 9.17) is 16.6 Å². The second-order valence-electron chi connectivity index (χ2n) is 6.43. The number of halogens is 1. The van der Waals surface area contributed by atoms with Crippen LogP contribution in [0.25, 0.3) is 5.00 Å².